The Hall–Kier alpha value is -4.65. The number of aromatic hydroxyl groups is 1. The Morgan fingerprint density at radius 2 is 1.05 bits per heavy atom. The number of ether oxygens (including phenoxy) is 2. The third kappa shape index (κ3) is 4.72. The molecule has 2 heterocycles. The molecular formula is C31H20Cl2N2O4. The van der Waals surface area contributed by atoms with E-state index in [-0.39, 0.29) is 27.3 Å². The Morgan fingerprint density at radius 3 is 1.56 bits per heavy atom. The maximum absolute atomic E-state index is 13.2. The van der Waals surface area contributed by atoms with Gasteiger partial charge in [-0.15, -0.1) is 0 Å². The number of fused-ring (bicyclic) bond motifs is 4. The first-order valence-electron chi connectivity index (χ1n) is 12.0. The lowest BCUT2D eigenvalue weighted by atomic mass is 10.1. The molecule has 8 heteroatoms. The Labute approximate surface area is 234 Å². The summed E-state index contributed by atoms with van der Waals surface area (Å²) >= 11 is 11.9. The van der Waals surface area contributed by atoms with Crippen LogP contribution in [0.5, 0.6) is 28.7 Å². The van der Waals surface area contributed by atoms with Crippen molar-refractivity contribution in [2.75, 3.05) is 10.2 Å². The zero-order valence-electron chi connectivity index (χ0n) is 20.3. The van der Waals surface area contributed by atoms with Crippen molar-refractivity contribution < 1.29 is 19.4 Å². The van der Waals surface area contributed by atoms with E-state index in [9.17, 15) is 9.90 Å². The van der Waals surface area contributed by atoms with Crippen LogP contribution in [0.4, 0.5) is 22.7 Å². The number of phenols is 1. The van der Waals surface area contributed by atoms with Crippen LogP contribution in [0.15, 0.2) is 109 Å². The fourth-order valence-corrected chi connectivity index (χ4v) is 4.81. The van der Waals surface area contributed by atoms with Crippen molar-refractivity contribution in [2.24, 2.45) is 0 Å². The summed E-state index contributed by atoms with van der Waals surface area (Å²) in [6.07, 6.45) is 0. The number of hydrogen-bond donors (Lipinski definition) is 2. The lowest BCUT2D eigenvalue weighted by Crippen LogP contribution is -2.28. The first-order chi connectivity index (χ1) is 19.0. The molecule has 0 spiro atoms. The summed E-state index contributed by atoms with van der Waals surface area (Å²) in [6.45, 7) is 0. The van der Waals surface area contributed by atoms with Gasteiger partial charge >= 0.3 is 0 Å². The molecule has 0 radical (unpaired) electrons. The number of amides is 1. The van der Waals surface area contributed by atoms with E-state index in [2.05, 4.69) is 5.32 Å². The standard InChI is InChI=1S/C19H11Cl2NO3.C12H9NO/c20-12-9-11(10-13(21)18(12)23)19(24)22-14-5-1-3-7-16(14)25-17-8-4-2-6-15(17)22;1-3-7-11-9(5-1)13-10-6-2-4-8-12(10)14-11/h1-10,23H;1-8,13H. The van der Waals surface area contributed by atoms with Crippen molar-refractivity contribution >= 4 is 51.9 Å². The van der Waals surface area contributed by atoms with Crippen molar-refractivity contribution in [1.29, 1.82) is 0 Å². The normalized spacial score (nSPS) is 12.1. The van der Waals surface area contributed by atoms with Crippen LogP contribution in [0, 0.1) is 0 Å². The van der Waals surface area contributed by atoms with Crippen LogP contribution < -0.4 is 19.7 Å². The molecule has 39 heavy (non-hydrogen) atoms. The quantitative estimate of drug-likeness (QED) is 0.212. The Morgan fingerprint density at radius 1 is 0.641 bits per heavy atom. The van der Waals surface area contributed by atoms with Gasteiger partial charge in [0, 0.05) is 5.56 Å². The van der Waals surface area contributed by atoms with Crippen molar-refractivity contribution in [3.63, 3.8) is 0 Å². The predicted octanol–water partition coefficient (Wildman–Crippen LogP) is 9.32. The molecule has 2 aliphatic rings. The number of hydrogen-bond acceptors (Lipinski definition) is 5. The summed E-state index contributed by atoms with van der Waals surface area (Å²) < 4.78 is 11.6. The van der Waals surface area contributed by atoms with E-state index in [4.69, 9.17) is 32.7 Å². The van der Waals surface area contributed by atoms with E-state index in [0.717, 1.165) is 22.9 Å². The van der Waals surface area contributed by atoms with Crippen LogP contribution in [0.3, 0.4) is 0 Å². The Kier molecular flexibility index (Phi) is 6.49. The minimum Gasteiger partial charge on any atom is -0.505 e. The van der Waals surface area contributed by atoms with Gasteiger partial charge in [0.1, 0.15) is 0 Å². The maximum atomic E-state index is 13.2. The van der Waals surface area contributed by atoms with Gasteiger partial charge in [-0.2, -0.15) is 0 Å². The molecule has 0 bridgehead atoms. The second-order valence-corrected chi connectivity index (χ2v) is 9.50. The first kappa shape index (κ1) is 24.7. The van der Waals surface area contributed by atoms with Crippen molar-refractivity contribution in [2.45, 2.75) is 0 Å². The molecule has 0 unspecified atom stereocenters. The van der Waals surface area contributed by atoms with Crippen LogP contribution in [-0.2, 0) is 0 Å². The number of nitrogens with zero attached hydrogens (tertiary/aromatic N) is 1. The van der Waals surface area contributed by atoms with E-state index in [0.29, 0.717) is 22.9 Å². The molecule has 0 aromatic heterocycles. The van der Waals surface area contributed by atoms with Crippen LogP contribution >= 0.6 is 23.2 Å². The molecule has 0 saturated heterocycles. The predicted molar refractivity (Wildman–Crippen MR) is 154 cm³/mol. The molecule has 2 N–H and O–H groups in total. The molecule has 0 atom stereocenters. The summed E-state index contributed by atoms with van der Waals surface area (Å²) in [5.74, 6) is 2.34. The number of anilines is 4. The Bertz CT molecular complexity index is 1570. The zero-order valence-corrected chi connectivity index (χ0v) is 21.8. The van der Waals surface area contributed by atoms with Gasteiger partial charge in [-0.1, -0.05) is 71.7 Å². The number of rotatable bonds is 1. The van der Waals surface area contributed by atoms with Gasteiger partial charge in [-0.05, 0) is 60.7 Å². The molecule has 5 aromatic rings. The average Bonchev–Trinajstić information content (AvgIpc) is 2.97. The first-order valence-corrected chi connectivity index (χ1v) is 12.8. The number of carbonyl (C=O) groups excluding carboxylic acids is 1. The number of nitrogens with one attached hydrogen (secondary N) is 1. The van der Waals surface area contributed by atoms with Crippen LogP contribution in [0.2, 0.25) is 10.0 Å². The highest BCUT2D eigenvalue weighted by Gasteiger charge is 2.30. The van der Waals surface area contributed by atoms with E-state index in [1.165, 1.54) is 12.1 Å². The van der Waals surface area contributed by atoms with Gasteiger partial charge in [0.05, 0.1) is 32.8 Å². The summed E-state index contributed by atoms with van der Waals surface area (Å²) in [4.78, 5) is 14.8. The fourth-order valence-electron chi connectivity index (χ4n) is 4.32. The number of benzene rings is 5. The monoisotopic (exact) mass is 554 g/mol. The molecule has 1 amide bonds. The van der Waals surface area contributed by atoms with Gasteiger partial charge in [0.2, 0.25) is 0 Å². The Balaban J connectivity index is 0.000000166. The highest BCUT2D eigenvalue weighted by Crippen LogP contribution is 2.47. The molecule has 7 rings (SSSR count). The van der Waals surface area contributed by atoms with Gasteiger partial charge < -0.3 is 19.9 Å². The van der Waals surface area contributed by atoms with Gasteiger partial charge in [-0.3, -0.25) is 9.69 Å². The van der Waals surface area contributed by atoms with Gasteiger partial charge in [0.15, 0.2) is 28.7 Å². The number of para-hydroxylation sites is 8. The second-order valence-electron chi connectivity index (χ2n) is 8.69. The minimum absolute atomic E-state index is 0.0191. The number of phenolic OH excluding ortho intramolecular Hbond substituents is 1. The molecule has 0 saturated carbocycles. The molecule has 5 aromatic carbocycles. The average molecular weight is 555 g/mol. The molecule has 192 valence electrons. The fraction of sp³-hybridized carbons (Fsp3) is 0. The molecule has 0 fully saturated rings. The molecular weight excluding hydrogens is 535 g/mol. The van der Waals surface area contributed by atoms with Gasteiger partial charge in [0.25, 0.3) is 5.91 Å². The van der Waals surface area contributed by atoms with E-state index >= 15 is 0 Å². The highest BCUT2D eigenvalue weighted by atomic mass is 35.5. The van der Waals surface area contributed by atoms with Crippen LogP contribution in [0.25, 0.3) is 0 Å². The molecule has 0 aliphatic carbocycles. The summed E-state index contributed by atoms with van der Waals surface area (Å²) in [5.41, 5.74) is 3.54. The maximum Gasteiger partial charge on any atom is 0.263 e. The van der Waals surface area contributed by atoms with Crippen LogP contribution in [0.1, 0.15) is 10.4 Å². The summed E-state index contributed by atoms with van der Waals surface area (Å²) in [6, 6.07) is 33.1. The smallest absolute Gasteiger partial charge is 0.263 e. The van der Waals surface area contributed by atoms with E-state index < -0.39 is 0 Å². The lowest BCUT2D eigenvalue weighted by molar-refractivity contribution is 0.0997. The number of halogens is 2. The highest BCUT2D eigenvalue weighted by molar-refractivity contribution is 6.37. The lowest BCUT2D eigenvalue weighted by Gasteiger charge is -2.31. The van der Waals surface area contributed by atoms with Crippen molar-refractivity contribution in [1.82, 2.24) is 0 Å². The van der Waals surface area contributed by atoms with Crippen LogP contribution in [-0.4, -0.2) is 11.0 Å². The summed E-state index contributed by atoms with van der Waals surface area (Å²) in [5, 5.41) is 13.1. The van der Waals surface area contributed by atoms with Crippen molar-refractivity contribution in [3.05, 3.63) is 125 Å². The third-order valence-electron chi connectivity index (χ3n) is 6.16. The number of carbonyl (C=O) groups is 1. The van der Waals surface area contributed by atoms with Crippen molar-refractivity contribution in [3.8, 4) is 28.7 Å². The zero-order chi connectivity index (χ0) is 26.9. The minimum atomic E-state index is -0.327. The largest absolute Gasteiger partial charge is 0.505 e. The molecule has 6 nitrogen and oxygen atoms in total. The second kappa shape index (κ2) is 10.3. The topological polar surface area (TPSA) is 71.0 Å². The third-order valence-corrected chi connectivity index (χ3v) is 6.74. The SMILES string of the molecule is O=C(c1cc(Cl)c(O)c(Cl)c1)N1c2ccccc2Oc2ccccc21.c1ccc2c(c1)Nc1ccccc1O2. The molecule has 2 aliphatic heterocycles. The van der Waals surface area contributed by atoms with Gasteiger partial charge in [-0.25, -0.2) is 0 Å². The van der Waals surface area contributed by atoms with E-state index in [1.54, 1.807) is 29.2 Å². The van der Waals surface area contributed by atoms with E-state index in [1.807, 2.05) is 72.8 Å². The summed E-state index contributed by atoms with van der Waals surface area (Å²) in [7, 11) is 0.